The number of halogens is 1. The van der Waals surface area contributed by atoms with E-state index in [4.69, 9.17) is 4.74 Å². The van der Waals surface area contributed by atoms with Crippen LogP contribution in [-0.4, -0.2) is 29.7 Å². The van der Waals surface area contributed by atoms with Crippen LogP contribution in [0.3, 0.4) is 0 Å². The molecule has 1 aromatic heterocycles. The Hall–Kier alpha value is -3.64. The van der Waals surface area contributed by atoms with E-state index in [2.05, 4.69) is 10.3 Å². The topological polar surface area (TPSA) is 74.4 Å². The van der Waals surface area contributed by atoms with E-state index < -0.39 is 6.10 Å². The van der Waals surface area contributed by atoms with Gasteiger partial charge in [-0.25, -0.2) is 4.39 Å². The number of hydrogen-bond donors (Lipinski definition) is 3. The number of carbonyl (C=O) groups excluding carboxylic acids is 1. The highest BCUT2D eigenvalue weighted by Crippen LogP contribution is 2.32. The molecule has 0 spiro atoms. The summed E-state index contributed by atoms with van der Waals surface area (Å²) in [6.07, 6.45) is -0.0622. The first-order chi connectivity index (χ1) is 15.5. The number of ether oxygens (including phenoxy) is 1. The molecule has 0 aliphatic carbocycles. The van der Waals surface area contributed by atoms with Crippen LogP contribution in [0.1, 0.15) is 23.7 Å². The summed E-state index contributed by atoms with van der Waals surface area (Å²) in [6, 6.07) is 21.4. The second-order valence-electron chi connectivity index (χ2n) is 7.62. The molecule has 32 heavy (non-hydrogen) atoms. The first kappa shape index (κ1) is 21.6. The van der Waals surface area contributed by atoms with Crippen LogP contribution >= 0.6 is 0 Å². The summed E-state index contributed by atoms with van der Waals surface area (Å²) in [5.74, 6) is 0.263. The van der Waals surface area contributed by atoms with E-state index in [9.17, 15) is 14.3 Å². The van der Waals surface area contributed by atoms with E-state index >= 15 is 0 Å². The van der Waals surface area contributed by atoms with Gasteiger partial charge in [-0.1, -0.05) is 30.3 Å². The van der Waals surface area contributed by atoms with Crippen molar-refractivity contribution in [3.05, 3.63) is 89.7 Å². The highest BCUT2D eigenvalue weighted by Gasteiger charge is 2.15. The van der Waals surface area contributed by atoms with Crippen LogP contribution in [-0.2, 0) is 11.2 Å². The number of benzene rings is 3. The van der Waals surface area contributed by atoms with Crippen LogP contribution < -0.4 is 10.1 Å². The van der Waals surface area contributed by atoms with Crippen molar-refractivity contribution >= 4 is 16.8 Å². The molecule has 0 aliphatic rings. The quantitative estimate of drug-likeness (QED) is 0.376. The third-order valence-electron chi connectivity index (χ3n) is 5.54. The maximum absolute atomic E-state index is 13.0. The van der Waals surface area contributed by atoms with Gasteiger partial charge in [0.05, 0.1) is 13.2 Å². The Morgan fingerprint density at radius 1 is 1.06 bits per heavy atom. The molecule has 5 nitrogen and oxygen atoms in total. The Kier molecular flexibility index (Phi) is 6.52. The Morgan fingerprint density at radius 3 is 2.50 bits per heavy atom. The number of carbonyl (C=O) groups is 1. The van der Waals surface area contributed by atoms with E-state index in [1.54, 1.807) is 7.11 Å². The number of aryl methyl sites for hydroxylation is 1. The van der Waals surface area contributed by atoms with Gasteiger partial charge in [0.1, 0.15) is 11.6 Å². The summed E-state index contributed by atoms with van der Waals surface area (Å²) in [6.45, 7) is 0.0731. The molecule has 1 atom stereocenters. The molecule has 3 N–H and O–H groups in total. The van der Waals surface area contributed by atoms with Gasteiger partial charge in [-0.05, 0) is 65.6 Å². The predicted molar refractivity (Wildman–Crippen MR) is 123 cm³/mol. The Morgan fingerprint density at radius 2 is 1.78 bits per heavy atom. The first-order valence-electron chi connectivity index (χ1n) is 10.5. The average Bonchev–Trinajstić information content (AvgIpc) is 3.20. The van der Waals surface area contributed by atoms with Crippen molar-refractivity contribution in [1.82, 2.24) is 10.3 Å². The van der Waals surface area contributed by atoms with Crippen molar-refractivity contribution < 1.29 is 19.0 Å². The number of H-pyrrole nitrogens is 1. The molecule has 0 aliphatic heterocycles. The van der Waals surface area contributed by atoms with Gasteiger partial charge < -0.3 is 20.1 Å². The minimum Gasteiger partial charge on any atom is -0.497 e. The van der Waals surface area contributed by atoms with Crippen LogP contribution in [0.5, 0.6) is 5.75 Å². The van der Waals surface area contributed by atoms with Gasteiger partial charge in [0.15, 0.2) is 0 Å². The number of aromatic nitrogens is 1. The number of aliphatic hydroxyl groups is 1. The minimum atomic E-state index is -0.887. The van der Waals surface area contributed by atoms with Crippen LogP contribution in [0.25, 0.3) is 22.2 Å². The van der Waals surface area contributed by atoms with Crippen molar-refractivity contribution in [1.29, 1.82) is 0 Å². The summed E-state index contributed by atoms with van der Waals surface area (Å²) in [5.41, 5.74) is 4.64. The Bertz CT molecular complexity index is 1200. The fourth-order valence-electron chi connectivity index (χ4n) is 3.80. The molecule has 0 radical (unpaired) electrons. The van der Waals surface area contributed by atoms with Crippen LogP contribution in [0.4, 0.5) is 4.39 Å². The van der Waals surface area contributed by atoms with Crippen LogP contribution in [0.2, 0.25) is 0 Å². The standard InChI is InChI=1S/C26H25FN2O3/c1-32-20-12-8-18(9-13-20)26-22(21-4-2-3-5-23(21)29-26)14-15-25(31)28-16-24(30)17-6-10-19(27)11-7-17/h2-13,24,29-30H,14-16H2,1H3,(H,28,31). The van der Waals surface area contributed by atoms with E-state index in [-0.39, 0.29) is 24.7 Å². The van der Waals surface area contributed by atoms with E-state index in [1.807, 2.05) is 48.5 Å². The number of para-hydroxylation sites is 1. The van der Waals surface area contributed by atoms with Crippen molar-refractivity contribution in [3.8, 4) is 17.0 Å². The molecule has 164 valence electrons. The zero-order valence-corrected chi connectivity index (χ0v) is 17.8. The SMILES string of the molecule is COc1ccc(-c2[nH]c3ccccc3c2CCC(=O)NCC(O)c2ccc(F)cc2)cc1. The van der Waals surface area contributed by atoms with Gasteiger partial charge >= 0.3 is 0 Å². The summed E-state index contributed by atoms with van der Waals surface area (Å²) in [5, 5.41) is 14.1. The number of hydrogen-bond acceptors (Lipinski definition) is 3. The Labute approximate surface area is 185 Å². The zero-order valence-electron chi connectivity index (χ0n) is 17.8. The largest absolute Gasteiger partial charge is 0.497 e. The summed E-state index contributed by atoms with van der Waals surface area (Å²) >= 11 is 0. The van der Waals surface area contributed by atoms with Gasteiger partial charge in [-0.15, -0.1) is 0 Å². The average molecular weight is 432 g/mol. The van der Waals surface area contributed by atoms with Crippen molar-refractivity contribution in [2.75, 3.05) is 13.7 Å². The molecule has 4 rings (SSSR count). The minimum absolute atomic E-state index is 0.0731. The molecule has 1 heterocycles. The maximum atomic E-state index is 13.0. The number of amides is 1. The number of nitrogens with one attached hydrogen (secondary N) is 2. The molecule has 6 heteroatoms. The van der Waals surface area contributed by atoms with E-state index in [1.165, 1.54) is 24.3 Å². The third kappa shape index (κ3) is 4.81. The molecular weight excluding hydrogens is 407 g/mol. The highest BCUT2D eigenvalue weighted by atomic mass is 19.1. The molecule has 0 bridgehead atoms. The van der Waals surface area contributed by atoms with Gasteiger partial charge in [-0.3, -0.25) is 4.79 Å². The van der Waals surface area contributed by atoms with Gasteiger partial charge in [0, 0.05) is 29.6 Å². The van der Waals surface area contributed by atoms with Crippen molar-refractivity contribution in [2.24, 2.45) is 0 Å². The molecule has 1 amide bonds. The lowest BCUT2D eigenvalue weighted by Gasteiger charge is -2.12. The molecule has 1 unspecified atom stereocenters. The number of aliphatic hydroxyl groups excluding tert-OH is 1. The second kappa shape index (κ2) is 9.66. The molecule has 0 fully saturated rings. The molecular formula is C26H25FN2O3. The van der Waals surface area contributed by atoms with Crippen molar-refractivity contribution in [3.63, 3.8) is 0 Å². The lowest BCUT2D eigenvalue weighted by Crippen LogP contribution is -2.28. The van der Waals surface area contributed by atoms with E-state index in [0.29, 0.717) is 12.0 Å². The number of aromatic amines is 1. The van der Waals surface area contributed by atoms with Gasteiger partial charge in [0.25, 0.3) is 0 Å². The monoisotopic (exact) mass is 432 g/mol. The predicted octanol–water partition coefficient (Wildman–Crippen LogP) is 4.77. The molecule has 4 aromatic rings. The maximum Gasteiger partial charge on any atom is 0.220 e. The smallest absolute Gasteiger partial charge is 0.220 e. The van der Waals surface area contributed by atoms with E-state index in [0.717, 1.165) is 33.5 Å². The number of fused-ring (bicyclic) bond motifs is 1. The Balaban J connectivity index is 1.46. The van der Waals surface area contributed by atoms with Gasteiger partial charge in [-0.2, -0.15) is 0 Å². The lowest BCUT2D eigenvalue weighted by molar-refractivity contribution is -0.121. The summed E-state index contributed by atoms with van der Waals surface area (Å²) in [7, 11) is 1.63. The number of methoxy groups -OCH3 is 1. The van der Waals surface area contributed by atoms with Gasteiger partial charge in [0.2, 0.25) is 5.91 Å². The fourth-order valence-corrected chi connectivity index (χ4v) is 3.80. The second-order valence-corrected chi connectivity index (χ2v) is 7.62. The normalized spacial score (nSPS) is 12.0. The van der Waals surface area contributed by atoms with Crippen molar-refractivity contribution in [2.45, 2.75) is 18.9 Å². The van der Waals surface area contributed by atoms with Crippen LogP contribution in [0, 0.1) is 5.82 Å². The van der Waals surface area contributed by atoms with Crippen LogP contribution in [0.15, 0.2) is 72.8 Å². The molecule has 3 aromatic carbocycles. The fraction of sp³-hybridized carbons (Fsp3) is 0.192. The number of rotatable bonds is 8. The zero-order chi connectivity index (χ0) is 22.5. The summed E-state index contributed by atoms with van der Waals surface area (Å²) < 4.78 is 18.3. The molecule has 0 saturated carbocycles. The highest BCUT2D eigenvalue weighted by molar-refractivity contribution is 5.91. The third-order valence-corrected chi connectivity index (χ3v) is 5.54. The lowest BCUT2D eigenvalue weighted by atomic mass is 10.0. The summed E-state index contributed by atoms with van der Waals surface area (Å²) in [4.78, 5) is 16.0. The first-order valence-corrected chi connectivity index (χ1v) is 10.5. The molecule has 0 saturated heterocycles.